The fourth-order valence-corrected chi connectivity index (χ4v) is 2.97. The Hall–Kier alpha value is -2.13. The fraction of sp³-hybridized carbons (Fsp3) is 0.438. The first-order valence-corrected chi connectivity index (χ1v) is 8.68. The number of H-pyrrole nitrogens is 1. The number of amides is 1. The number of carbonyl (C=O) groups excluding carboxylic acids is 1. The summed E-state index contributed by atoms with van der Waals surface area (Å²) in [5.41, 5.74) is 0.573. The molecule has 0 aliphatic heterocycles. The zero-order valence-electron chi connectivity index (χ0n) is 14.3. The lowest BCUT2D eigenvalue weighted by Crippen LogP contribution is -2.24. The summed E-state index contributed by atoms with van der Waals surface area (Å²) in [6, 6.07) is 4.52. The van der Waals surface area contributed by atoms with Crippen molar-refractivity contribution in [3.05, 3.63) is 40.1 Å². The van der Waals surface area contributed by atoms with Gasteiger partial charge in [-0.25, -0.2) is 14.3 Å². The topological polar surface area (TPSA) is 89.0 Å². The minimum absolute atomic E-state index is 0.299. The lowest BCUT2D eigenvalue weighted by molar-refractivity contribution is -0.115. The first-order valence-electron chi connectivity index (χ1n) is 7.80. The fourth-order valence-electron chi connectivity index (χ4n) is 2.08. The second-order valence-corrected chi connectivity index (χ2v) is 6.83. The van der Waals surface area contributed by atoms with Gasteiger partial charge in [-0.2, -0.15) is 0 Å². The molecule has 0 radical (unpaired) electrons. The van der Waals surface area contributed by atoms with Crippen LogP contribution in [0.15, 0.2) is 28.2 Å². The van der Waals surface area contributed by atoms with Crippen LogP contribution in [0.1, 0.15) is 18.9 Å². The van der Waals surface area contributed by atoms with Crippen LogP contribution in [0, 0.1) is 12.7 Å². The van der Waals surface area contributed by atoms with Crippen LogP contribution in [-0.2, 0) is 16.1 Å². The molecule has 0 saturated carbocycles. The zero-order valence-corrected chi connectivity index (χ0v) is 15.2. The molecule has 2 aromatic rings. The van der Waals surface area contributed by atoms with Crippen LogP contribution in [0.5, 0.6) is 0 Å². The van der Waals surface area contributed by atoms with E-state index in [0.717, 1.165) is 11.8 Å². The minimum Gasteiger partial charge on any atom is -0.385 e. The molecule has 2 N–H and O–H groups in total. The summed E-state index contributed by atoms with van der Waals surface area (Å²) in [6.07, 6.45) is 0.659. The highest BCUT2D eigenvalue weighted by Gasteiger charge is 2.19. The van der Waals surface area contributed by atoms with Gasteiger partial charge in [-0.05, 0) is 38.0 Å². The number of aromatic nitrogens is 3. The van der Waals surface area contributed by atoms with Crippen LogP contribution in [0.4, 0.5) is 10.1 Å². The molecular weight excluding hydrogens is 347 g/mol. The molecule has 0 unspecified atom stereocenters. The van der Waals surface area contributed by atoms with Gasteiger partial charge in [-0.1, -0.05) is 17.8 Å². The molecule has 0 aliphatic rings. The van der Waals surface area contributed by atoms with Gasteiger partial charge in [0.2, 0.25) is 5.91 Å². The number of nitrogens with zero attached hydrogens (tertiary/aromatic N) is 2. The molecule has 9 heteroatoms. The van der Waals surface area contributed by atoms with E-state index in [9.17, 15) is 14.0 Å². The maximum absolute atomic E-state index is 13.6. The van der Waals surface area contributed by atoms with Gasteiger partial charge in [-0.15, -0.1) is 5.10 Å². The van der Waals surface area contributed by atoms with E-state index in [1.807, 2.05) is 0 Å². The third kappa shape index (κ3) is 5.17. The monoisotopic (exact) mass is 368 g/mol. The highest BCUT2D eigenvalue weighted by molar-refractivity contribution is 8.00. The molecule has 0 bridgehead atoms. The number of aromatic amines is 1. The Morgan fingerprint density at radius 1 is 1.52 bits per heavy atom. The number of anilines is 1. The van der Waals surface area contributed by atoms with Crippen molar-refractivity contribution in [1.29, 1.82) is 0 Å². The summed E-state index contributed by atoms with van der Waals surface area (Å²) in [6.45, 7) is 4.32. The predicted molar refractivity (Wildman–Crippen MR) is 94.4 cm³/mol. The van der Waals surface area contributed by atoms with Crippen molar-refractivity contribution in [1.82, 2.24) is 14.8 Å². The lowest BCUT2D eigenvalue weighted by Gasteiger charge is -2.12. The van der Waals surface area contributed by atoms with E-state index >= 15 is 0 Å². The van der Waals surface area contributed by atoms with Crippen LogP contribution in [0.3, 0.4) is 0 Å². The Labute approximate surface area is 149 Å². The number of methoxy groups -OCH3 is 1. The first kappa shape index (κ1) is 19.2. The summed E-state index contributed by atoms with van der Waals surface area (Å²) in [5.74, 6) is -0.676. The first-order chi connectivity index (χ1) is 11.9. The van der Waals surface area contributed by atoms with Crippen molar-refractivity contribution < 1.29 is 13.9 Å². The van der Waals surface area contributed by atoms with Gasteiger partial charge in [0.1, 0.15) is 5.82 Å². The molecule has 1 aromatic carbocycles. The van der Waals surface area contributed by atoms with Gasteiger partial charge in [0.25, 0.3) is 0 Å². The SMILES string of the molecule is COCCCn1c(S[C@@H](C)C(=O)Nc2ccc(C)c(F)c2)n[nH]c1=O. The highest BCUT2D eigenvalue weighted by Crippen LogP contribution is 2.22. The van der Waals surface area contributed by atoms with Gasteiger partial charge in [0.05, 0.1) is 5.25 Å². The number of hydrogen-bond acceptors (Lipinski definition) is 5. The van der Waals surface area contributed by atoms with Crippen molar-refractivity contribution in [2.45, 2.75) is 37.2 Å². The molecule has 1 aromatic heterocycles. The highest BCUT2D eigenvalue weighted by atomic mass is 32.2. The summed E-state index contributed by atoms with van der Waals surface area (Å²) < 4.78 is 20.0. The van der Waals surface area contributed by atoms with Crippen LogP contribution in [0.2, 0.25) is 0 Å². The summed E-state index contributed by atoms with van der Waals surface area (Å²) in [5, 5.41) is 8.92. The molecule has 1 heterocycles. The van der Waals surface area contributed by atoms with Gasteiger partial charge < -0.3 is 10.1 Å². The Balaban J connectivity index is 2.01. The number of hydrogen-bond donors (Lipinski definition) is 2. The number of aryl methyl sites for hydroxylation is 1. The van der Waals surface area contributed by atoms with Crippen molar-refractivity contribution in [3.63, 3.8) is 0 Å². The van der Waals surface area contributed by atoms with Crippen LogP contribution < -0.4 is 11.0 Å². The zero-order chi connectivity index (χ0) is 18.4. The average molecular weight is 368 g/mol. The molecule has 0 aliphatic carbocycles. The Morgan fingerprint density at radius 3 is 2.96 bits per heavy atom. The van der Waals surface area contributed by atoms with Gasteiger partial charge in [0.15, 0.2) is 5.16 Å². The standard InChI is InChI=1S/C16H21FN4O3S/c1-10-5-6-12(9-13(10)17)18-14(22)11(2)25-16-20-19-15(23)21(16)7-4-8-24-3/h5-6,9,11H,4,7-8H2,1-3H3,(H,18,22)(H,19,23)/t11-/m0/s1. The molecule has 25 heavy (non-hydrogen) atoms. The van der Waals surface area contributed by atoms with Crippen LogP contribution >= 0.6 is 11.8 Å². The molecule has 0 fully saturated rings. The van der Waals surface area contributed by atoms with E-state index in [1.165, 1.54) is 10.6 Å². The average Bonchev–Trinajstić information content (AvgIpc) is 2.91. The number of carbonyl (C=O) groups is 1. The molecule has 1 amide bonds. The van der Waals surface area contributed by atoms with Crippen molar-refractivity contribution in [2.24, 2.45) is 0 Å². The van der Waals surface area contributed by atoms with E-state index < -0.39 is 5.25 Å². The molecular formula is C16H21FN4O3S. The second kappa shape index (κ2) is 8.82. The van der Waals surface area contributed by atoms with E-state index in [0.29, 0.717) is 36.0 Å². The third-order valence-corrected chi connectivity index (χ3v) is 4.63. The molecule has 1 atom stereocenters. The number of thioether (sulfide) groups is 1. The number of benzene rings is 1. The normalized spacial score (nSPS) is 12.2. The Bertz CT molecular complexity index is 790. The smallest absolute Gasteiger partial charge is 0.343 e. The molecule has 0 spiro atoms. The van der Waals surface area contributed by atoms with Crippen molar-refractivity contribution >= 4 is 23.4 Å². The van der Waals surface area contributed by atoms with E-state index in [2.05, 4.69) is 15.5 Å². The Morgan fingerprint density at radius 2 is 2.28 bits per heavy atom. The van der Waals surface area contributed by atoms with E-state index in [-0.39, 0.29) is 17.4 Å². The van der Waals surface area contributed by atoms with Crippen LogP contribution in [-0.4, -0.2) is 39.6 Å². The van der Waals surface area contributed by atoms with Crippen molar-refractivity contribution in [3.8, 4) is 0 Å². The summed E-state index contributed by atoms with van der Waals surface area (Å²) in [4.78, 5) is 24.1. The number of ether oxygens (including phenoxy) is 1. The molecule has 2 rings (SSSR count). The molecule has 7 nitrogen and oxygen atoms in total. The Kier molecular flexibility index (Phi) is 6.77. The summed E-state index contributed by atoms with van der Waals surface area (Å²) in [7, 11) is 1.59. The van der Waals surface area contributed by atoms with Gasteiger partial charge >= 0.3 is 5.69 Å². The van der Waals surface area contributed by atoms with E-state index in [4.69, 9.17) is 4.74 Å². The van der Waals surface area contributed by atoms with E-state index in [1.54, 1.807) is 33.1 Å². The third-order valence-electron chi connectivity index (χ3n) is 3.54. The number of rotatable bonds is 8. The lowest BCUT2D eigenvalue weighted by atomic mass is 10.2. The molecule has 136 valence electrons. The number of nitrogens with one attached hydrogen (secondary N) is 2. The van der Waals surface area contributed by atoms with Gasteiger partial charge in [-0.3, -0.25) is 9.36 Å². The van der Waals surface area contributed by atoms with Crippen molar-refractivity contribution in [2.75, 3.05) is 19.0 Å². The minimum atomic E-state index is -0.513. The molecule has 0 saturated heterocycles. The maximum atomic E-state index is 13.6. The second-order valence-electron chi connectivity index (χ2n) is 5.52. The quantitative estimate of drug-likeness (QED) is 0.551. The van der Waals surface area contributed by atoms with Gasteiger partial charge in [0, 0.05) is 25.9 Å². The maximum Gasteiger partial charge on any atom is 0.343 e. The largest absolute Gasteiger partial charge is 0.385 e. The summed E-state index contributed by atoms with van der Waals surface area (Å²) >= 11 is 1.16. The number of halogens is 1. The predicted octanol–water partition coefficient (Wildman–Crippen LogP) is 2.17. The van der Waals surface area contributed by atoms with Crippen LogP contribution in [0.25, 0.3) is 0 Å².